The van der Waals surface area contributed by atoms with Crippen molar-refractivity contribution in [3.8, 4) is 0 Å². The van der Waals surface area contributed by atoms with E-state index in [1.54, 1.807) is 13.0 Å². The standard InChI is InChI=1S/C12H10N2O4/c1-7-10(2-3-18-7)11(15)14-9-4-8(12(16)17)5-13-6-9/h2-6H,1H3,(H,14,15)(H,16,17). The van der Waals surface area contributed by atoms with Crippen LogP contribution in [0.25, 0.3) is 0 Å². The smallest absolute Gasteiger partial charge is 0.337 e. The van der Waals surface area contributed by atoms with Crippen LogP contribution in [-0.2, 0) is 0 Å². The number of amides is 1. The van der Waals surface area contributed by atoms with E-state index in [9.17, 15) is 9.59 Å². The average molecular weight is 246 g/mol. The van der Waals surface area contributed by atoms with E-state index in [1.165, 1.54) is 24.7 Å². The topological polar surface area (TPSA) is 92.4 Å². The second-order valence-electron chi connectivity index (χ2n) is 3.61. The molecule has 0 aromatic carbocycles. The molecule has 0 saturated carbocycles. The van der Waals surface area contributed by atoms with E-state index in [2.05, 4.69) is 10.3 Å². The predicted molar refractivity (Wildman–Crippen MR) is 62.6 cm³/mol. The van der Waals surface area contributed by atoms with Crippen LogP contribution < -0.4 is 5.32 Å². The molecule has 0 aliphatic carbocycles. The van der Waals surface area contributed by atoms with E-state index < -0.39 is 5.97 Å². The summed E-state index contributed by atoms with van der Waals surface area (Å²) in [5.41, 5.74) is 0.730. The highest BCUT2D eigenvalue weighted by Crippen LogP contribution is 2.13. The van der Waals surface area contributed by atoms with Gasteiger partial charge in [0.1, 0.15) is 5.76 Å². The van der Waals surface area contributed by atoms with Crippen molar-refractivity contribution in [1.82, 2.24) is 4.98 Å². The van der Waals surface area contributed by atoms with Crippen LogP contribution in [0.3, 0.4) is 0 Å². The molecule has 1 amide bonds. The Balaban J connectivity index is 2.20. The Morgan fingerprint density at radius 1 is 1.39 bits per heavy atom. The molecule has 0 atom stereocenters. The number of hydrogen-bond donors (Lipinski definition) is 2. The number of furan rings is 1. The van der Waals surface area contributed by atoms with E-state index >= 15 is 0 Å². The molecule has 0 aliphatic heterocycles. The minimum absolute atomic E-state index is 0.0108. The lowest BCUT2D eigenvalue weighted by atomic mass is 10.2. The molecule has 6 heteroatoms. The lowest BCUT2D eigenvalue weighted by Gasteiger charge is -2.04. The van der Waals surface area contributed by atoms with Gasteiger partial charge in [-0.15, -0.1) is 0 Å². The van der Waals surface area contributed by atoms with Gasteiger partial charge in [0.2, 0.25) is 0 Å². The second kappa shape index (κ2) is 4.70. The van der Waals surface area contributed by atoms with E-state index in [4.69, 9.17) is 9.52 Å². The van der Waals surface area contributed by atoms with Gasteiger partial charge in [-0.25, -0.2) is 4.79 Å². The normalized spacial score (nSPS) is 10.1. The average Bonchev–Trinajstić information content (AvgIpc) is 2.76. The zero-order chi connectivity index (χ0) is 13.1. The molecule has 0 spiro atoms. The van der Waals surface area contributed by atoms with E-state index in [-0.39, 0.29) is 11.5 Å². The van der Waals surface area contributed by atoms with Crippen LogP contribution >= 0.6 is 0 Å². The van der Waals surface area contributed by atoms with Gasteiger partial charge >= 0.3 is 5.97 Å². The van der Waals surface area contributed by atoms with Crippen LogP contribution in [0.1, 0.15) is 26.5 Å². The summed E-state index contributed by atoms with van der Waals surface area (Å²) in [5, 5.41) is 11.4. The van der Waals surface area contributed by atoms with Crippen LogP contribution in [0.2, 0.25) is 0 Å². The first kappa shape index (κ1) is 11.8. The molecule has 0 bridgehead atoms. The zero-order valence-electron chi connectivity index (χ0n) is 9.51. The molecule has 2 heterocycles. The van der Waals surface area contributed by atoms with Gasteiger partial charge in [0.15, 0.2) is 0 Å². The summed E-state index contributed by atoms with van der Waals surface area (Å²) in [5.74, 6) is -0.974. The van der Waals surface area contributed by atoms with Gasteiger partial charge in [0, 0.05) is 6.20 Å². The summed E-state index contributed by atoms with van der Waals surface area (Å²) >= 11 is 0. The van der Waals surface area contributed by atoms with Crippen LogP contribution in [0, 0.1) is 6.92 Å². The van der Waals surface area contributed by atoms with Gasteiger partial charge < -0.3 is 14.8 Å². The van der Waals surface area contributed by atoms with Crippen molar-refractivity contribution in [1.29, 1.82) is 0 Å². The van der Waals surface area contributed by atoms with Crippen molar-refractivity contribution in [3.63, 3.8) is 0 Å². The van der Waals surface area contributed by atoms with Crippen LogP contribution in [0.5, 0.6) is 0 Å². The Labute approximate surface area is 102 Å². The summed E-state index contributed by atoms with van der Waals surface area (Å²) in [6, 6.07) is 2.88. The van der Waals surface area contributed by atoms with Crippen LogP contribution in [0.4, 0.5) is 5.69 Å². The largest absolute Gasteiger partial charge is 0.478 e. The number of nitrogens with one attached hydrogen (secondary N) is 1. The highest BCUT2D eigenvalue weighted by Gasteiger charge is 2.12. The Morgan fingerprint density at radius 3 is 2.78 bits per heavy atom. The number of aromatic carboxylic acids is 1. The fourth-order valence-electron chi connectivity index (χ4n) is 1.44. The SMILES string of the molecule is Cc1occc1C(=O)Nc1cncc(C(=O)O)c1. The van der Waals surface area contributed by atoms with E-state index in [0.29, 0.717) is 17.0 Å². The van der Waals surface area contributed by atoms with Crippen molar-refractivity contribution >= 4 is 17.6 Å². The molecular formula is C12H10N2O4. The van der Waals surface area contributed by atoms with Gasteiger partial charge in [0.25, 0.3) is 5.91 Å². The maximum Gasteiger partial charge on any atom is 0.337 e. The maximum atomic E-state index is 11.8. The molecule has 0 fully saturated rings. The van der Waals surface area contributed by atoms with Crippen molar-refractivity contribution in [3.05, 3.63) is 47.7 Å². The Hall–Kier alpha value is -2.63. The molecule has 0 aliphatic rings. The van der Waals surface area contributed by atoms with Gasteiger partial charge in [0.05, 0.1) is 29.3 Å². The third kappa shape index (κ3) is 2.37. The number of carbonyl (C=O) groups is 2. The lowest BCUT2D eigenvalue weighted by Crippen LogP contribution is -2.13. The Morgan fingerprint density at radius 2 is 2.17 bits per heavy atom. The number of carboxylic acids is 1. The number of pyridine rings is 1. The second-order valence-corrected chi connectivity index (χ2v) is 3.61. The number of anilines is 1. The molecule has 0 radical (unpaired) electrons. The molecule has 2 rings (SSSR count). The van der Waals surface area contributed by atoms with Crippen LogP contribution in [-0.4, -0.2) is 22.0 Å². The highest BCUT2D eigenvalue weighted by atomic mass is 16.4. The summed E-state index contributed by atoms with van der Waals surface area (Å²) < 4.78 is 5.01. The maximum absolute atomic E-state index is 11.8. The molecule has 2 aromatic heterocycles. The molecular weight excluding hydrogens is 236 g/mol. The van der Waals surface area contributed by atoms with E-state index in [0.717, 1.165) is 0 Å². The quantitative estimate of drug-likeness (QED) is 0.863. The third-order valence-electron chi connectivity index (χ3n) is 2.35. The third-order valence-corrected chi connectivity index (χ3v) is 2.35. The summed E-state index contributed by atoms with van der Waals surface area (Å²) in [7, 11) is 0. The van der Waals surface area contributed by atoms with Crippen molar-refractivity contribution in [2.45, 2.75) is 6.92 Å². The first-order valence-corrected chi connectivity index (χ1v) is 5.11. The summed E-state index contributed by atoms with van der Waals surface area (Å²) in [6.45, 7) is 1.67. The molecule has 0 unspecified atom stereocenters. The number of aromatic nitrogens is 1. The Kier molecular flexibility index (Phi) is 3.09. The first-order valence-electron chi connectivity index (χ1n) is 5.11. The van der Waals surface area contributed by atoms with Crippen molar-refractivity contribution < 1.29 is 19.1 Å². The fourth-order valence-corrected chi connectivity index (χ4v) is 1.44. The van der Waals surface area contributed by atoms with Crippen LogP contribution in [0.15, 0.2) is 35.2 Å². The molecule has 2 aromatic rings. The van der Waals surface area contributed by atoms with Crippen molar-refractivity contribution in [2.24, 2.45) is 0 Å². The first-order chi connectivity index (χ1) is 8.58. The predicted octanol–water partition coefficient (Wildman–Crippen LogP) is 1.93. The van der Waals surface area contributed by atoms with Gasteiger partial charge in [-0.3, -0.25) is 9.78 Å². The monoisotopic (exact) mass is 246 g/mol. The molecule has 0 saturated heterocycles. The Bertz CT molecular complexity index is 604. The molecule has 6 nitrogen and oxygen atoms in total. The lowest BCUT2D eigenvalue weighted by molar-refractivity contribution is 0.0696. The number of rotatable bonds is 3. The molecule has 92 valence electrons. The minimum Gasteiger partial charge on any atom is -0.478 e. The zero-order valence-corrected chi connectivity index (χ0v) is 9.51. The number of carbonyl (C=O) groups excluding carboxylic acids is 1. The van der Waals surface area contributed by atoms with Gasteiger partial charge in [-0.2, -0.15) is 0 Å². The fraction of sp³-hybridized carbons (Fsp3) is 0.0833. The number of nitrogens with zero attached hydrogens (tertiary/aromatic N) is 1. The highest BCUT2D eigenvalue weighted by molar-refractivity contribution is 6.05. The van der Waals surface area contributed by atoms with Gasteiger partial charge in [-0.05, 0) is 19.1 Å². The van der Waals surface area contributed by atoms with Gasteiger partial charge in [-0.1, -0.05) is 0 Å². The molecule has 2 N–H and O–H groups in total. The number of hydrogen-bond acceptors (Lipinski definition) is 4. The minimum atomic E-state index is -1.10. The number of aryl methyl sites for hydroxylation is 1. The molecule has 18 heavy (non-hydrogen) atoms. The van der Waals surface area contributed by atoms with E-state index in [1.807, 2.05) is 0 Å². The number of carboxylic acid groups (broad SMARTS) is 1. The van der Waals surface area contributed by atoms with Crippen molar-refractivity contribution in [2.75, 3.05) is 5.32 Å². The summed E-state index contributed by atoms with van der Waals surface area (Å²) in [4.78, 5) is 26.3. The summed E-state index contributed by atoms with van der Waals surface area (Å²) in [6.07, 6.45) is 4.00.